The third-order valence-corrected chi connectivity index (χ3v) is 3.63. The molecule has 0 saturated carbocycles. The standard InChI is InChI=1S/C17H17N3O2S/c18-12-23-14-9-7-13(8-10-14)20-17(21)6-3-11-22-16-5-2-1-4-15(16)19/h1-2,4-5,7-10H,3,6,11,19H2,(H,20,21). The van der Waals surface area contributed by atoms with Crippen LogP contribution in [0.4, 0.5) is 11.4 Å². The summed E-state index contributed by atoms with van der Waals surface area (Å²) in [5.74, 6) is 0.564. The first kappa shape index (κ1) is 16.7. The van der Waals surface area contributed by atoms with Crippen molar-refractivity contribution < 1.29 is 9.53 Å². The summed E-state index contributed by atoms with van der Waals surface area (Å²) in [5.41, 5.74) is 7.08. The Morgan fingerprint density at radius 3 is 2.65 bits per heavy atom. The number of carbonyl (C=O) groups excluding carboxylic acids is 1. The van der Waals surface area contributed by atoms with Gasteiger partial charge < -0.3 is 15.8 Å². The number of nitrogens with one attached hydrogen (secondary N) is 1. The summed E-state index contributed by atoms with van der Waals surface area (Å²) in [7, 11) is 0. The van der Waals surface area contributed by atoms with E-state index in [9.17, 15) is 4.79 Å². The first-order chi connectivity index (χ1) is 11.2. The van der Waals surface area contributed by atoms with Gasteiger partial charge in [0.05, 0.1) is 12.3 Å². The normalized spacial score (nSPS) is 9.87. The van der Waals surface area contributed by atoms with Gasteiger partial charge in [-0.25, -0.2) is 0 Å². The zero-order valence-electron chi connectivity index (χ0n) is 12.5. The highest BCUT2D eigenvalue weighted by molar-refractivity contribution is 8.03. The maximum Gasteiger partial charge on any atom is 0.224 e. The fraction of sp³-hybridized carbons (Fsp3) is 0.176. The van der Waals surface area contributed by atoms with E-state index in [2.05, 4.69) is 5.32 Å². The predicted octanol–water partition coefficient (Wildman–Crippen LogP) is 3.64. The molecular formula is C17H17N3O2S. The molecule has 2 aromatic rings. The van der Waals surface area contributed by atoms with Gasteiger partial charge in [0.1, 0.15) is 11.2 Å². The van der Waals surface area contributed by atoms with Crippen molar-refractivity contribution in [2.45, 2.75) is 17.7 Å². The Bertz CT molecular complexity index is 696. The van der Waals surface area contributed by atoms with Crippen LogP contribution in [0.2, 0.25) is 0 Å². The molecule has 0 heterocycles. The van der Waals surface area contributed by atoms with E-state index >= 15 is 0 Å². The first-order valence-corrected chi connectivity index (χ1v) is 7.94. The Morgan fingerprint density at radius 2 is 1.96 bits per heavy atom. The van der Waals surface area contributed by atoms with Gasteiger partial charge in [0.25, 0.3) is 0 Å². The minimum Gasteiger partial charge on any atom is -0.491 e. The van der Waals surface area contributed by atoms with Gasteiger partial charge in [-0.05, 0) is 54.6 Å². The number of ether oxygens (including phenoxy) is 1. The van der Waals surface area contributed by atoms with E-state index in [0.717, 1.165) is 16.7 Å². The Labute approximate surface area is 139 Å². The average molecular weight is 327 g/mol. The van der Waals surface area contributed by atoms with Crippen LogP contribution in [0.25, 0.3) is 0 Å². The fourth-order valence-corrected chi connectivity index (χ4v) is 2.29. The molecule has 5 nitrogen and oxygen atoms in total. The summed E-state index contributed by atoms with van der Waals surface area (Å²) in [4.78, 5) is 12.7. The van der Waals surface area contributed by atoms with Gasteiger partial charge in [-0.2, -0.15) is 5.26 Å². The molecule has 0 aliphatic rings. The van der Waals surface area contributed by atoms with Gasteiger partial charge >= 0.3 is 0 Å². The van der Waals surface area contributed by atoms with Gasteiger partial charge in [-0.1, -0.05) is 12.1 Å². The van der Waals surface area contributed by atoms with Crippen molar-refractivity contribution in [3.8, 4) is 11.2 Å². The van der Waals surface area contributed by atoms with Crippen LogP contribution in [0.3, 0.4) is 0 Å². The van der Waals surface area contributed by atoms with Crippen molar-refractivity contribution in [2.24, 2.45) is 0 Å². The summed E-state index contributed by atoms with van der Waals surface area (Å²) in [5, 5.41) is 13.4. The second-order valence-electron chi connectivity index (χ2n) is 4.76. The molecule has 0 fully saturated rings. The molecular weight excluding hydrogens is 310 g/mol. The fourth-order valence-electron chi connectivity index (χ4n) is 1.91. The number of carbonyl (C=O) groups is 1. The number of amides is 1. The summed E-state index contributed by atoms with van der Waals surface area (Å²) in [6.07, 6.45) is 0.962. The largest absolute Gasteiger partial charge is 0.491 e. The van der Waals surface area contributed by atoms with Crippen LogP contribution in [0.15, 0.2) is 53.4 Å². The Morgan fingerprint density at radius 1 is 1.22 bits per heavy atom. The highest BCUT2D eigenvalue weighted by Crippen LogP contribution is 2.20. The molecule has 2 rings (SSSR count). The Hall–Kier alpha value is -2.65. The number of hydrogen-bond acceptors (Lipinski definition) is 5. The molecule has 1 amide bonds. The van der Waals surface area contributed by atoms with E-state index in [1.165, 1.54) is 0 Å². The molecule has 0 atom stereocenters. The number of nitriles is 1. The molecule has 0 aliphatic heterocycles. The zero-order chi connectivity index (χ0) is 16.5. The number of nitrogen functional groups attached to an aromatic ring is 1. The van der Waals surface area contributed by atoms with Gasteiger partial charge in [-0.15, -0.1) is 0 Å². The number of thioether (sulfide) groups is 1. The molecule has 2 aromatic carbocycles. The third kappa shape index (κ3) is 5.57. The lowest BCUT2D eigenvalue weighted by Crippen LogP contribution is -2.12. The smallest absolute Gasteiger partial charge is 0.224 e. The van der Waals surface area contributed by atoms with E-state index < -0.39 is 0 Å². The van der Waals surface area contributed by atoms with Gasteiger partial charge in [0.15, 0.2) is 0 Å². The number of para-hydroxylation sites is 2. The van der Waals surface area contributed by atoms with E-state index in [1.54, 1.807) is 36.4 Å². The van der Waals surface area contributed by atoms with Crippen molar-refractivity contribution >= 4 is 29.0 Å². The van der Waals surface area contributed by atoms with Crippen molar-refractivity contribution in [3.63, 3.8) is 0 Å². The highest BCUT2D eigenvalue weighted by Gasteiger charge is 2.04. The molecule has 23 heavy (non-hydrogen) atoms. The lowest BCUT2D eigenvalue weighted by Gasteiger charge is -2.09. The van der Waals surface area contributed by atoms with E-state index in [4.69, 9.17) is 15.7 Å². The minimum absolute atomic E-state index is 0.0738. The Balaban J connectivity index is 1.71. The van der Waals surface area contributed by atoms with Crippen LogP contribution >= 0.6 is 11.8 Å². The van der Waals surface area contributed by atoms with Crippen LogP contribution in [0, 0.1) is 10.7 Å². The van der Waals surface area contributed by atoms with Gasteiger partial charge in [-0.3, -0.25) is 4.79 Å². The van der Waals surface area contributed by atoms with Crippen LogP contribution in [-0.4, -0.2) is 12.5 Å². The van der Waals surface area contributed by atoms with E-state index in [0.29, 0.717) is 36.6 Å². The molecule has 0 aliphatic carbocycles. The average Bonchev–Trinajstić information content (AvgIpc) is 2.55. The SMILES string of the molecule is N#CSc1ccc(NC(=O)CCCOc2ccccc2N)cc1. The summed E-state index contributed by atoms with van der Waals surface area (Å²) >= 11 is 1.08. The maximum atomic E-state index is 11.9. The second kappa shape index (κ2) is 8.71. The molecule has 6 heteroatoms. The minimum atomic E-state index is -0.0738. The van der Waals surface area contributed by atoms with Crippen LogP contribution < -0.4 is 15.8 Å². The topological polar surface area (TPSA) is 88.1 Å². The first-order valence-electron chi connectivity index (χ1n) is 7.12. The third-order valence-electron chi connectivity index (χ3n) is 3.03. The quantitative estimate of drug-likeness (QED) is 0.351. The molecule has 0 saturated heterocycles. The Kier molecular flexibility index (Phi) is 6.33. The number of thiocyanates is 1. The van der Waals surface area contributed by atoms with Crippen LogP contribution in [0.1, 0.15) is 12.8 Å². The zero-order valence-corrected chi connectivity index (χ0v) is 13.3. The molecule has 3 N–H and O–H groups in total. The predicted molar refractivity (Wildman–Crippen MR) is 92.1 cm³/mol. The van der Waals surface area contributed by atoms with Crippen molar-refractivity contribution in [1.29, 1.82) is 5.26 Å². The summed E-state index contributed by atoms with van der Waals surface area (Å²) in [6.45, 7) is 0.430. The number of nitrogens with two attached hydrogens (primary N) is 1. The molecule has 118 valence electrons. The molecule has 0 bridgehead atoms. The second-order valence-corrected chi connectivity index (χ2v) is 5.61. The number of benzene rings is 2. The number of rotatable bonds is 7. The molecule has 0 aromatic heterocycles. The van der Waals surface area contributed by atoms with Gasteiger partial charge in [0.2, 0.25) is 5.91 Å². The maximum absolute atomic E-state index is 11.9. The number of nitrogens with zero attached hydrogens (tertiary/aromatic N) is 1. The summed E-state index contributed by atoms with van der Waals surface area (Å²) in [6, 6.07) is 14.4. The number of anilines is 2. The van der Waals surface area contributed by atoms with Crippen molar-refractivity contribution in [3.05, 3.63) is 48.5 Å². The molecule has 0 unspecified atom stereocenters. The lowest BCUT2D eigenvalue weighted by atomic mass is 10.2. The highest BCUT2D eigenvalue weighted by atomic mass is 32.2. The van der Waals surface area contributed by atoms with E-state index in [-0.39, 0.29) is 5.91 Å². The monoisotopic (exact) mass is 327 g/mol. The number of hydrogen-bond donors (Lipinski definition) is 2. The molecule has 0 radical (unpaired) electrons. The summed E-state index contributed by atoms with van der Waals surface area (Å²) < 4.78 is 5.54. The van der Waals surface area contributed by atoms with Crippen molar-refractivity contribution in [2.75, 3.05) is 17.7 Å². The van der Waals surface area contributed by atoms with Gasteiger partial charge in [0, 0.05) is 17.0 Å². The van der Waals surface area contributed by atoms with E-state index in [1.807, 2.05) is 17.5 Å². The van der Waals surface area contributed by atoms with Crippen molar-refractivity contribution in [1.82, 2.24) is 0 Å². The van der Waals surface area contributed by atoms with Crippen LogP contribution in [0.5, 0.6) is 5.75 Å². The van der Waals surface area contributed by atoms with Crippen LogP contribution in [-0.2, 0) is 4.79 Å². The lowest BCUT2D eigenvalue weighted by molar-refractivity contribution is -0.116. The molecule has 0 spiro atoms.